The highest BCUT2D eigenvalue weighted by atomic mass is 15.2. The van der Waals surface area contributed by atoms with Crippen molar-refractivity contribution in [1.82, 2.24) is 4.90 Å². The molecule has 2 bridgehead atoms. The van der Waals surface area contributed by atoms with Gasteiger partial charge in [-0.2, -0.15) is 0 Å². The first-order valence-corrected chi connectivity index (χ1v) is 7.23. The minimum atomic E-state index is 0.727. The van der Waals surface area contributed by atoms with E-state index >= 15 is 0 Å². The van der Waals surface area contributed by atoms with Crippen molar-refractivity contribution in [2.24, 2.45) is 29.4 Å². The number of nitrogens with two attached hydrogens (primary N) is 1. The minimum Gasteiger partial charge on any atom is -0.330 e. The number of hydrogen-bond acceptors (Lipinski definition) is 2. The first-order valence-electron chi connectivity index (χ1n) is 7.23. The third-order valence-corrected chi connectivity index (χ3v) is 5.50. The third kappa shape index (κ3) is 1.70. The van der Waals surface area contributed by atoms with Gasteiger partial charge in [-0.3, -0.25) is 4.90 Å². The Balaban J connectivity index is 1.69. The molecule has 3 aliphatic heterocycles. The molecule has 4 unspecified atom stereocenters. The van der Waals surface area contributed by atoms with Gasteiger partial charge in [-0.05, 0) is 75.4 Å². The fourth-order valence-corrected chi connectivity index (χ4v) is 4.70. The molecule has 2 nitrogen and oxygen atoms in total. The average molecular weight is 222 g/mol. The van der Waals surface area contributed by atoms with Gasteiger partial charge < -0.3 is 5.73 Å². The van der Waals surface area contributed by atoms with Crippen LogP contribution in [0.4, 0.5) is 0 Å². The van der Waals surface area contributed by atoms with Crippen molar-refractivity contribution < 1.29 is 0 Å². The van der Waals surface area contributed by atoms with Crippen LogP contribution in [0.15, 0.2) is 0 Å². The van der Waals surface area contributed by atoms with Crippen LogP contribution in [0.25, 0.3) is 0 Å². The zero-order chi connectivity index (χ0) is 11.1. The molecule has 92 valence electrons. The van der Waals surface area contributed by atoms with E-state index in [2.05, 4.69) is 11.8 Å². The molecular weight excluding hydrogens is 196 g/mol. The molecule has 0 amide bonds. The predicted molar refractivity (Wildman–Crippen MR) is 67.1 cm³/mol. The summed E-state index contributed by atoms with van der Waals surface area (Å²) in [4.78, 5) is 2.81. The van der Waals surface area contributed by atoms with E-state index in [0.29, 0.717) is 0 Å². The molecule has 0 aromatic carbocycles. The third-order valence-electron chi connectivity index (χ3n) is 5.50. The van der Waals surface area contributed by atoms with Crippen molar-refractivity contribution in [2.45, 2.75) is 45.1 Å². The van der Waals surface area contributed by atoms with E-state index in [9.17, 15) is 0 Å². The molecule has 0 spiro atoms. The highest BCUT2D eigenvalue weighted by Gasteiger charge is 2.48. The molecule has 0 radical (unpaired) electrons. The van der Waals surface area contributed by atoms with Gasteiger partial charge in [0.15, 0.2) is 0 Å². The van der Waals surface area contributed by atoms with Gasteiger partial charge in [-0.15, -0.1) is 0 Å². The van der Waals surface area contributed by atoms with Crippen molar-refractivity contribution in [2.75, 3.05) is 19.6 Å². The Hall–Kier alpha value is -0.0800. The number of rotatable bonds is 3. The van der Waals surface area contributed by atoms with Crippen molar-refractivity contribution in [3.63, 3.8) is 0 Å². The summed E-state index contributed by atoms with van der Waals surface area (Å²) in [5.41, 5.74) is 5.78. The maximum atomic E-state index is 5.78. The molecule has 4 fully saturated rings. The minimum absolute atomic E-state index is 0.727. The van der Waals surface area contributed by atoms with E-state index < -0.39 is 0 Å². The van der Waals surface area contributed by atoms with E-state index in [-0.39, 0.29) is 0 Å². The second kappa shape index (κ2) is 4.30. The topological polar surface area (TPSA) is 29.3 Å². The van der Waals surface area contributed by atoms with E-state index in [1.807, 2.05) is 0 Å². The van der Waals surface area contributed by atoms with Crippen LogP contribution in [0.3, 0.4) is 0 Å². The summed E-state index contributed by atoms with van der Waals surface area (Å²) in [6.07, 6.45) is 7.34. The maximum absolute atomic E-state index is 5.78. The van der Waals surface area contributed by atoms with Gasteiger partial charge in [-0.1, -0.05) is 6.92 Å². The van der Waals surface area contributed by atoms with E-state index in [1.165, 1.54) is 45.2 Å². The maximum Gasteiger partial charge on any atom is 0.0154 e. The van der Waals surface area contributed by atoms with Crippen LogP contribution in [0.5, 0.6) is 0 Å². The lowest BCUT2D eigenvalue weighted by Gasteiger charge is -2.50. The summed E-state index contributed by atoms with van der Waals surface area (Å²) in [7, 11) is 0. The fourth-order valence-electron chi connectivity index (χ4n) is 4.70. The Labute approximate surface area is 99.6 Å². The van der Waals surface area contributed by atoms with Gasteiger partial charge >= 0.3 is 0 Å². The molecule has 0 aromatic rings. The molecule has 4 atom stereocenters. The average Bonchev–Trinajstić information content (AvgIpc) is 2.77. The van der Waals surface area contributed by atoms with Crippen LogP contribution >= 0.6 is 0 Å². The van der Waals surface area contributed by atoms with Crippen molar-refractivity contribution in [1.29, 1.82) is 0 Å². The molecular formula is C14H26N2. The Kier molecular flexibility index (Phi) is 2.97. The summed E-state index contributed by atoms with van der Waals surface area (Å²) >= 11 is 0. The molecule has 0 aromatic heterocycles. The molecule has 3 saturated heterocycles. The number of nitrogens with zero attached hydrogens (tertiary/aromatic N) is 1. The van der Waals surface area contributed by atoms with Crippen molar-refractivity contribution in [3.8, 4) is 0 Å². The highest BCUT2D eigenvalue weighted by molar-refractivity contribution is 5.01. The van der Waals surface area contributed by atoms with Gasteiger partial charge in [-0.25, -0.2) is 0 Å². The van der Waals surface area contributed by atoms with Crippen LogP contribution in [0, 0.1) is 23.7 Å². The molecule has 2 heteroatoms. The summed E-state index contributed by atoms with van der Waals surface area (Å²) < 4.78 is 0. The van der Waals surface area contributed by atoms with Crippen LogP contribution < -0.4 is 5.73 Å². The second-order valence-corrected chi connectivity index (χ2v) is 6.44. The fraction of sp³-hybridized carbons (Fsp3) is 1.00. The number of fused-ring (bicyclic) bond motifs is 2. The summed E-state index contributed by atoms with van der Waals surface area (Å²) in [6, 6.07) is 0.946. The first kappa shape index (κ1) is 11.0. The molecule has 1 saturated carbocycles. The van der Waals surface area contributed by atoms with Crippen LogP contribution in [0.1, 0.15) is 39.0 Å². The molecule has 2 N–H and O–H groups in total. The number of piperidine rings is 3. The monoisotopic (exact) mass is 222 g/mol. The van der Waals surface area contributed by atoms with Gasteiger partial charge in [0, 0.05) is 6.04 Å². The molecule has 3 heterocycles. The van der Waals surface area contributed by atoms with Crippen molar-refractivity contribution in [3.05, 3.63) is 0 Å². The Morgan fingerprint density at radius 3 is 2.62 bits per heavy atom. The molecule has 4 rings (SSSR count). The Bertz CT molecular complexity index is 245. The van der Waals surface area contributed by atoms with Crippen molar-refractivity contribution >= 4 is 0 Å². The van der Waals surface area contributed by atoms with E-state index in [1.54, 1.807) is 0 Å². The predicted octanol–water partition coefficient (Wildman–Crippen LogP) is 2.09. The highest BCUT2D eigenvalue weighted by Crippen LogP contribution is 2.49. The van der Waals surface area contributed by atoms with E-state index in [4.69, 9.17) is 5.73 Å². The Morgan fingerprint density at radius 1 is 1.19 bits per heavy atom. The summed E-state index contributed by atoms with van der Waals surface area (Å²) in [5, 5.41) is 0. The van der Waals surface area contributed by atoms with Gasteiger partial charge in [0.25, 0.3) is 0 Å². The quantitative estimate of drug-likeness (QED) is 0.792. The number of hydrogen-bond donors (Lipinski definition) is 1. The zero-order valence-electron chi connectivity index (χ0n) is 10.6. The van der Waals surface area contributed by atoms with Gasteiger partial charge in [0.1, 0.15) is 0 Å². The normalized spacial score (nSPS) is 48.0. The van der Waals surface area contributed by atoms with Crippen LogP contribution in [-0.2, 0) is 0 Å². The second-order valence-electron chi connectivity index (χ2n) is 6.44. The van der Waals surface area contributed by atoms with Crippen LogP contribution in [-0.4, -0.2) is 30.6 Å². The van der Waals surface area contributed by atoms with Gasteiger partial charge in [0.05, 0.1) is 0 Å². The van der Waals surface area contributed by atoms with Crippen LogP contribution in [0.2, 0.25) is 0 Å². The largest absolute Gasteiger partial charge is 0.330 e. The van der Waals surface area contributed by atoms with Gasteiger partial charge in [0.2, 0.25) is 0 Å². The first-order chi connectivity index (χ1) is 7.79. The molecule has 4 aliphatic rings. The lowest BCUT2D eigenvalue weighted by Crippen LogP contribution is -2.54. The molecule has 1 aliphatic carbocycles. The lowest BCUT2D eigenvalue weighted by molar-refractivity contribution is -0.0129. The zero-order valence-corrected chi connectivity index (χ0v) is 10.6. The summed E-state index contributed by atoms with van der Waals surface area (Å²) in [6.45, 7) is 5.97. The molecule has 16 heavy (non-hydrogen) atoms. The summed E-state index contributed by atoms with van der Waals surface area (Å²) in [5.74, 6) is 3.82. The van der Waals surface area contributed by atoms with E-state index in [0.717, 1.165) is 36.3 Å². The SMILES string of the molecule is CC(CN)CC1CCC2C3CCN(CC3)C12. The standard InChI is InChI=1S/C14H26N2/c1-10(9-15)8-12-2-3-13-11-4-6-16(7-5-11)14(12)13/h10-14H,2-9,15H2,1H3. The Morgan fingerprint density at radius 2 is 1.94 bits per heavy atom. The smallest absolute Gasteiger partial charge is 0.0154 e. The lowest BCUT2D eigenvalue weighted by atomic mass is 9.73.